The Morgan fingerprint density at radius 3 is 2.39 bits per heavy atom. The van der Waals surface area contributed by atoms with E-state index in [0.717, 1.165) is 6.54 Å². The summed E-state index contributed by atoms with van der Waals surface area (Å²) in [6.45, 7) is 18.0. The minimum Gasteiger partial charge on any atom is -0.368 e. The highest BCUT2D eigenvalue weighted by molar-refractivity contribution is 6.06. The summed E-state index contributed by atoms with van der Waals surface area (Å²) < 4.78 is 5.26. The molecule has 0 saturated heterocycles. The molecular weight excluding hydrogens is 621 g/mol. The minimum absolute atomic E-state index is 0.124. The van der Waals surface area contributed by atoms with Gasteiger partial charge in [0.15, 0.2) is 23.5 Å². The van der Waals surface area contributed by atoms with Gasteiger partial charge in [-0.25, -0.2) is 4.58 Å². The summed E-state index contributed by atoms with van der Waals surface area (Å²) in [5, 5.41) is 5.43. The van der Waals surface area contributed by atoms with Crippen molar-refractivity contribution >= 4 is 27.3 Å². The molecule has 0 N–H and O–H groups in total. The van der Waals surface area contributed by atoms with Crippen LogP contribution in [0.2, 0.25) is 0 Å². The van der Waals surface area contributed by atoms with Crippen LogP contribution in [0.4, 0.5) is 0 Å². The Balaban J connectivity index is 1.24. The van der Waals surface area contributed by atoms with Crippen LogP contribution in [0.25, 0.3) is 32.8 Å². The lowest BCUT2D eigenvalue weighted by molar-refractivity contribution is -0.754. The SMILES string of the molecule is CC(=CC(C)=[N+](C)C1CCCCC1)N(CC1=CC2(C)[n+]3ccc4cc(C)cc5c4c3-c3c(cc4ccncc4c3C12C)C5(C)C)C1CCCCC1. The molecule has 51 heavy (non-hydrogen) atoms. The molecule has 0 amide bonds. The van der Waals surface area contributed by atoms with Crippen molar-refractivity contribution in [2.75, 3.05) is 13.6 Å². The first-order chi connectivity index (χ1) is 24.4. The summed E-state index contributed by atoms with van der Waals surface area (Å²) in [7, 11) is 2.34. The van der Waals surface area contributed by atoms with Crippen molar-refractivity contribution in [2.24, 2.45) is 0 Å². The van der Waals surface area contributed by atoms with Gasteiger partial charge in [0, 0.05) is 80.3 Å². The summed E-state index contributed by atoms with van der Waals surface area (Å²) >= 11 is 0. The van der Waals surface area contributed by atoms with E-state index in [2.05, 4.69) is 124 Å². The molecule has 0 radical (unpaired) electrons. The van der Waals surface area contributed by atoms with Crippen LogP contribution in [0.5, 0.6) is 0 Å². The fourth-order valence-corrected chi connectivity index (χ4v) is 11.5. The Labute approximate surface area is 306 Å². The van der Waals surface area contributed by atoms with E-state index in [9.17, 15) is 0 Å². The molecule has 4 aromatic rings. The van der Waals surface area contributed by atoms with Gasteiger partial charge in [-0.3, -0.25) is 4.98 Å². The van der Waals surface area contributed by atoms with Gasteiger partial charge in [-0.1, -0.05) is 57.2 Å². The zero-order chi connectivity index (χ0) is 35.4. The molecule has 2 unspecified atom stereocenters. The maximum absolute atomic E-state index is 4.79. The molecule has 4 aliphatic carbocycles. The summed E-state index contributed by atoms with van der Waals surface area (Å²) in [6.07, 6.45) is 25.2. The molecule has 4 heteroatoms. The van der Waals surface area contributed by atoms with Crippen LogP contribution < -0.4 is 4.57 Å². The lowest BCUT2D eigenvalue weighted by Gasteiger charge is -2.56. The third kappa shape index (κ3) is 4.59. The summed E-state index contributed by atoms with van der Waals surface area (Å²) in [5.74, 6) is 0. The van der Waals surface area contributed by atoms with E-state index in [0.29, 0.717) is 12.1 Å². The second-order valence-corrected chi connectivity index (χ2v) is 17.9. The second kappa shape index (κ2) is 11.6. The highest BCUT2D eigenvalue weighted by atomic mass is 15.2. The Morgan fingerprint density at radius 1 is 0.922 bits per heavy atom. The highest BCUT2D eigenvalue weighted by Crippen LogP contribution is 2.63. The largest absolute Gasteiger partial charge is 0.368 e. The van der Waals surface area contributed by atoms with Gasteiger partial charge in [0.2, 0.25) is 5.69 Å². The zero-order valence-electron chi connectivity index (χ0n) is 32.5. The molecular formula is C47H58N4+2. The maximum Gasteiger partial charge on any atom is 0.222 e. The number of pyridine rings is 2. The van der Waals surface area contributed by atoms with E-state index >= 15 is 0 Å². The van der Waals surface area contributed by atoms with Crippen molar-refractivity contribution in [3.63, 3.8) is 0 Å². The van der Waals surface area contributed by atoms with E-state index in [1.807, 2.05) is 6.20 Å². The number of aryl methyl sites for hydroxylation is 1. The minimum atomic E-state index is -0.191. The van der Waals surface area contributed by atoms with Gasteiger partial charge >= 0.3 is 0 Å². The third-order valence-corrected chi connectivity index (χ3v) is 14.7. The van der Waals surface area contributed by atoms with Crippen LogP contribution in [-0.2, 0) is 16.4 Å². The van der Waals surface area contributed by atoms with Crippen molar-refractivity contribution in [2.45, 2.75) is 141 Å². The molecule has 4 nitrogen and oxygen atoms in total. The standard InChI is InChI=1S/C47H58N4/c1-30-23-34-20-22-51-44-41(34)39(24-30)45(4,5)40-26-33-19-21-48-28-38(33)43(42(40)44)47(7)35(27-46(47,51)6)29-50(37-17-13-10-14-18-37)32(3)25-31(2)49(8)36-15-11-9-12-16-36/h19-28,36-37H,9-18,29H2,1-8H3/q+2. The number of hydrogen-bond donors (Lipinski definition) is 0. The van der Waals surface area contributed by atoms with Crippen molar-refractivity contribution < 1.29 is 9.14 Å². The highest BCUT2D eigenvalue weighted by Gasteiger charge is 2.67. The van der Waals surface area contributed by atoms with Crippen LogP contribution in [-0.4, -0.2) is 45.8 Å². The quantitative estimate of drug-likeness (QED) is 0.115. The number of benzene rings is 2. The number of fused-ring (bicyclic) bond motifs is 5. The molecule has 2 atom stereocenters. The average Bonchev–Trinajstić information content (AvgIpc) is 3.13. The lowest BCUT2D eigenvalue weighted by Crippen LogP contribution is -2.73. The molecule has 0 bridgehead atoms. The fraction of sp³-hybridized carbons (Fsp3) is 0.511. The topological polar surface area (TPSA) is 23.0 Å². The Hall–Kier alpha value is -3.79. The fourth-order valence-electron chi connectivity index (χ4n) is 11.5. The van der Waals surface area contributed by atoms with Crippen molar-refractivity contribution in [1.29, 1.82) is 0 Å². The predicted molar refractivity (Wildman–Crippen MR) is 212 cm³/mol. The van der Waals surface area contributed by atoms with Crippen LogP contribution in [0, 0.1) is 6.92 Å². The van der Waals surface area contributed by atoms with E-state index in [-0.39, 0.29) is 16.4 Å². The maximum atomic E-state index is 4.79. The first kappa shape index (κ1) is 33.1. The Kier molecular flexibility index (Phi) is 7.53. The van der Waals surface area contributed by atoms with E-state index in [1.165, 1.54) is 131 Å². The number of aromatic nitrogens is 2. The molecule has 2 saturated carbocycles. The number of allylic oxidation sites excluding steroid dienone is 3. The van der Waals surface area contributed by atoms with E-state index in [1.54, 1.807) is 5.57 Å². The predicted octanol–water partition coefficient (Wildman–Crippen LogP) is 10.2. The molecule has 2 aromatic heterocycles. The number of rotatable bonds is 6. The Morgan fingerprint density at radius 2 is 1.65 bits per heavy atom. The van der Waals surface area contributed by atoms with Gasteiger partial charge < -0.3 is 4.90 Å². The van der Waals surface area contributed by atoms with Gasteiger partial charge in [0.1, 0.15) is 7.05 Å². The molecule has 1 aliphatic heterocycles. The van der Waals surface area contributed by atoms with Crippen LogP contribution in [0.1, 0.15) is 128 Å². The van der Waals surface area contributed by atoms with E-state index < -0.39 is 0 Å². The smallest absolute Gasteiger partial charge is 0.222 e. The molecule has 9 rings (SSSR count). The summed E-state index contributed by atoms with van der Waals surface area (Å²) in [6, 6.07) is 13.3. The Bertz CT molecular complexity index is 2200. The molecule has 2 fully saturated rings. The molecule has 2 aromatic carbocycles. The van der Waals surface area contributed by atoms with Gasteiger partial charge in [-0.15, -0.1) is 0 Å². The van der Waals surface area contributed by atoms with Gasteiger partial charge in [0.05, 0.1) is 16.4 Å². The van der Waals surface area contributed by atoms with Crippen molar-refractivity contribution in [1.82, 2.24) is 9.88 Å². The number of hydrogen-bond acceptors (Lipinski definition) is 2. The molecule has 264 valence electrons. The third-order valence-electron chi connectivity index (χ3n) is 14.7. The zero-order valence-corrected chi connectivity index (χ0v) is 32.5. The van der Waals surface area contributed by atoms with Gasteiger partial charge in [-0.05, 0) is 97.7 Å². The molecule has 3 heterocycles. The monoisotopic (exact) mass is 678 g/mol. The second-order valence-electron chi connectivity index (χ2n) is 17.9. The molecule has 0 spiro atoms. The first-order valence-corrected chi connectivity index (χ1v) is 20.1. The first-order valence-electron chi connectivity index (χ1n) is 20.1. The summed E-state index contributed by atoms with van der Waals surface area (Å²) in [4.78, 5) is 7.62. The average molecular weight is 679 g/mol. The number of nitrogens with zero attached hydrogens (tertiary/aromatic N) is 4. The van der Waals surface area contributed by atoms with Gasteiger partial charge in [0.25, 0.3) is 0 Å². The van der Waals surface area contributed by atoms with Crippen LogP contribution >= 0.6 is 0 Å². The van der Waals surface area contributed by atoms with Crippen LogP contribution in [0.3, 0.4) is 0 Å². The van der Waals surface area contributed by atoms with E-state index in [4.69, 9.17) is 4.98 Å². The van der Waals surface area contributed by atoms with Gasteiger partial charge in [-0.2, -0.15) is 4.57 Å². The lowest BCUT2D eigenvalue weighted by atomic mass is 9.49. The van der Waals surface area contributed by atoms with Crippen molar-refractivity contribution in [3.8, 4) is 11.3 Å². The normalized spacial score (nSPS) is 26.0. The van der Waals surface area contributed by atoms with Crippen LogP contribution in [0.15, 0.2) is 72.3 Å². The molecule has 5 aliphatic rings. The summed E-state index contributed by atoms with van der Waals surface area (Å²) in [5.41, 5.74) is 12.5. The van der Waals surface area contributed by atoms with Crippen molar-refractivity contribution in [3.05, 3.63) is 94.6 Å².